The molecular formula is C10H8O4. The summed E-state index contributed by atoms with van der Waals surface area (Å²) < 4.78 is 9.46. The Labute approximate surface area is 80.4 Å². The van der Waals surface area contributed by atoms with Crippen LogP contribution in [0.1, 0.15) is 22.0 Å². The van der Waals surface area contributed by atoms with Gasteiger partial charge in [-0.2, -0.15) is 0 Å². The largest absolute Gasteiger partial charge is 0.387 e. The summed E-state index contributed by atoms with van der Waals surface area (Å²) >= 11 is 0. The zero-order chi connectivity index (χ0) is 10.1. The van der Waals surface area contributed by atoms with E-state index in [4.69, 9.17) is 4.74 Å². The summed E-state index contributed by atoms with van der Waals surface area (Å²) in [6.45, 7) is 0. The normalized spacial score (nSPS) is 20.2. The lowest BCUT2D eigenvalue weighted by molar-refractivity contribution is -0.151. The number of ether oxygens (including phenoxy) is 2. The van der Waals surface area contributed by atoms with Crippen molar-refractivity contribution in [1.29, 1.82) is 0 Å². The fraction of sp³-hybridized carbons (Fsp3) is 0.200. The number of esters is 2. The van der Waals surface area contributed by atoms with Crippen LogP contribution in [0.15, 0.2) is 24.3 Å². The van der Waals surface area contributed by atoms with E-state index in [-0.39, 0.29) is 0 Å². The smallest absolute Gasteiger partial charge is 0.347 e. The van der Waals surface area contributed by atoms with Crippen molar-refractivity contribution in [3.63, 3.8) is 0 Å². The third-order valence-electron chi connectivity index (χ3n) is 2.11. The maximum atomic E-state index is 11.3. The molecule has 72 valence electrons. The van der Waals surface area contributed by atoms with E-state index in [2.05, 4.69) is 4.74 Å². The molecule has 0 aromatic heterocycles. The molecule has 0 amide bonds. The molecule has 0 N–H and O–H groups in total. The van der Waals surface area contributed by atoms with Crippen molar-refractivity contribution in [3.05, 3.63) is 35.4 Å². The molecule has 1 unspecified atom stereocenters. The van der Waals surface area contributed by atoms with Gasteiger partial charge in [0.1, 0.15) is 0 Å². The Bertz CT molecular complexity index is 397. The van der Waals surface area contributed by atoms with Gasteiger partial charge in [-0.1, -0.05) is 18.2 Å². The quantitative estimate of drug-likeness (QED) is 0.493. The number of hydrogen-bond acceptors (Lipinski definition) is 4. The van der Waals surface area contributed by atoms with Crippen molar-refractivity contribution in [1.82, 2.24) is 0 Å². The SMILES string of the molecule is COC1C(=O)OC(=O)c2ccccc21. The van der Waals surface area contributed by atoms with Gasteiger partial charge in [-0.3, -0.25) is 0 Å². The fourth-order valence-corrected chi connectivity index (χ4v) is 1.46. The second kappa shape index (κ2) is 3.23. The van der Waals surface area contributed by atoms with E-state index in [0.717, 1.165) is 0 Å². The molecule has 14 heavy (non-hydrogen) atoms. The number of methoxy groups -OCH3 is 1. The van der Waals surface area contributed by atoms with E-state index in [9.17, 15) is 9.59 Å². The first-order valence-corrected chi connectivity index (χ1v) is 4.12. The zero-order valence-electron chi connectivity index (χ0n) is 7.52. The van der Waals surface area contributed by atoms with Gasteiger partial charge < -0.3 is 9.47 Å². The summed E-state index contributed by atoms with van der Waals surface area (Å²) in [5.41, 5.74) is 0.954. The number of hydrogen-bond donors (Lipinski definition) is 0. The first-order chi connectivity index (χ1) is 6.74. The Kier molecular flexibility index (Phi) is 2.05. The van der Waals surface area contributed by atoms with E-state index in [1.165, 1.54) is 7.11 Å². The Morgan fingerprint density at radius 1 is 1.29 bits per heavy atom. The predicted molar refractivity (Wildman–Crippen MR) is 46.6 cm³/mol. The molecule has 0 fully saturated rings. The molecule has 0 spiro atoms. The van der Waals surface area contributed by atoms with Gasteiger partial charge in [0.05, 0.1) is 5.56 Å². The van der Waals surface area contributed by atoms with Gasteiger partial charge in [0.25, 0.3) is 0 Å². The monoisotopic (exact) mass is 192 g/mol. The molecule has 1 aliphatic heterocycles. The summed E-state index contributed by atoms with van der Waals surface area (Å²) in [6, 6.07) is 6.75. The molecule has 1 aromatic carbocycles. The number of fused-ring (bicyclic) bond motifs is 1. The third-order valence-corrected chi connectivity index (χ3v) is 2.11. The van der Waals surface area contributed by atoms with Crippen molar-refractivity contribution in [2.24, 2.45) is 0 Å². The van der Waals surface area contributed by atoms with Crippen LogP contribution >= 0.6 is 0 Å². The molecule has 0 saturated heterocycles. The van der Waals surface area contributed by atoms with Crippen molar-refractivity contribution in [2.45, 2.75) is 6.10 Å². The Morgan fingerprint density at radius 3 is 2.71 bits per heavy atom. The molecule has 0 bridgehead atoms. The minimum atomic E-state index is -0.788. The van der Waals surface area contributed by atoms with Crippen molar-refractivity contribution < 1.29 is 19.1 Å². The summed E-state index contributed by atoms with van der Waals surface area (Å²) in [6.07, 6.45) is -0.788. The second-order valence-corrected chi connectivity index (χ2v) is 2.91. The lowest BCUT2D eigenvalue weighted by atomic mass is 10.0. The first-order valence-electron chi connectivity index (χ1n) is 4.12. The highest BCUT2D eigenvalue weighted by Gasteiger charge is 2.34. The molecule has 4 heteroatoms. The molecular weight excluding hydrogens is 184 g/mol. The van der Waals surface area contributed by atoms with Gasteiger partial charge in [-0.15, -0.1) is 0 Å². The highest BCUT2D eigenvalue weighted by atomic mass is 16.6. The lowest BCUT2D eigenvalue weighted by Gasteiger charge is -2.21. The van der Waals surface area contributed by atoms with Crippen LogP contribution in [0.4, 0.5) is 0 Å². The van der Waals surface area contributed by atoms with Crippen molar-refractivity contribution >= 4 is 11.9 Å². The summed E-state index contributed by atoms with van der Waals surface area (Å²) in [7, 11) is 1.40. The maximum Gasteiger partial charge on any atom is 0.347 e. The maximum absolute atomic E-state index is 11.3. The van der Waals surface area contributed by atoms with Crippen LogP contribution in [-0.2, 0) is 14.3 Å². The van der Waals surface area contributed by atoms with Crippen molar-refractivity contribution in [2.75, 3.05) is 7.11 Å². The average Bonchev–Trinajstić information content (AvgIpc) is 2.18. The van der Waals surface area contributed by atoms with Gasteiger partial charge in [0.2, 0.25) is 0 Å². The topological polar surface area (TPSA) is 52.6 Å². The van der Waals surface area contributed by atoms with Crippen molar-refractivity contribution in [3.8, 4) is 0 Å². The van der Waals surface area contributed by atoms with Crippen LogP contribution in [0.25, 0.3) is 0 Å². The van der Waals surface area contributed by atoms with E-state index in [1.54, 1.807) is 24.3 Å². The molecule has 1 atom stereocenters. The molecule has 0 aliphatic carbocycles. The molecule has 0 radical (unpaired) electrons. The molecule has 4 nitrogen and oxygen atoms in total. The highest BCUT2D eigenvalue weighted by molar-refractivity contribution is 6.03. The van der Waals surface area contributed by atoms with E-state index >= 15 is 0 Å². The summed E-state index contributed by atoms with van der Waals surface area (Å²) in [5.74, 6) is -1.27. The van der Waals surface area contributed by atoms with Crippen LogP contribution in [0.5, 0.6) is 0 Å². The standard InChI is InChI=1S/C10H8O4/c1-13-8-6-4-2-3-5-7(6)9(11)14-10(8)12/h2-5,8H,1H3. The molecule has 1 aromatic rings. The van der Waals surface area contributed by atoms with Crippen LogP contribution in [0.2, 0.25) is 0 Å². The Hall–Kier alpha value is -1.68. The highest BCUT2D eigenvalue weighted by Crippen LogP contribution is 2.27. The molecule has 2 rings (SSSR count). The van der Waals surface area contributed by atoms with E-state index in [0.29, 0.717) is 11.1 Å². The van der Waals surface area contributed by atoms with Crippen LogP contribution in [0, 0.1) is 0 Å². The van der Waals surface area contributed by atoms with E-state index in [1.807, 2.05) is 0 Å². The first kappa shape index (κ1) is 8.90. The predicted octanol–water partition coefficient (Wildman–Crippen LogP) is 1.07. The minimum absolute atomic E-state index is 0.388. The number of benzene rings is 1. The molecule has 0 saturated carbocycles. The number of carbonyl (C=O) groups excluding carboxylic acids is 2. The minimum Gasteiger partial charge on any atom is -0.387 e. The summed E-state index contributed by atoms with van der Waals surface area (Å²) in [5, 5.41) is 0. The van der Waals surface area contributed by atoms with Gasteiger partial charge >= 0.3 is 11.9 Å². The molecule has 1 aliphatic rings. The Morgan fingerprint density at radius 2 is 2.00 bits per heavy atom. The van der Waals surface area contributed by atoms with Gasteiger partial charge in [-0.05, 0) is 6.07 Å². The number of cyclic esters (lactones) is 2. The zero-order valence-corrected chi connectivity index (χ0v) is 7.52. The number of carbonyl (C=O) groups is 2. The van der Waals surface area contributed by atoms with Gasteiger partial charge in [0.15, 0.2) is 6.10 Å². The van der Waals surface area contributed by atoms with Crippen LogP contribution in [0.3, 0.4) is 0 Å². The van der Waals surface area contributed by atoms with E-state index < -0.39 is 18.0 Å². The van der Waals surface area contributed by atoms with Crippen LogP contribution in [-0.4, -0.2) is 19.0 Å². The van der Waals surface area contributed by atoms with Gasteiger partial charge in [0, 0.05) is 12.7 Å². The van der Waals surface area contributed by atoms with Crippen LogP contribution < -0.4 is 0 Å². The van der Waals surface area contributed by atoms with Gasteiger partial charge in [-0.25, -0.2) is 9.59 Å². The fourth-order valence-electron chi connectivity index (χ4n) is 1.46. The number of rotatable bonds is 1. The second-order valence-electron chi connectivity index (χ2n) is 2.91. The third kappa shape index (κ3) is 1.20. The summed E-state index contributed by atoms with van der Waals surface area (Å²) in [4.78, 5) is 22.5. The Balaban J connectivity index is 2.56. The lowest BCUT2D eigenvalue weighted by Crippen LogP contribution is -2.28. The average molecular weight is 192 g/mol. The molecule has 1 heterocycles.